The smallest absolute Gasteiger partial charge is 0.225 e. The topological polar surface area (TPSA) is 32.3 Å². The fourth-order valence-electron chi connectivity index (χ4n) is 4.52. The minimum Gasteiger partial charge on any atom is -0.339 e. The third kappa shape index (κ3) is 3.42. The molecule has 0 aliphatic carbocycles. The number of benzene rings is 2. The molecule has 2 saturated heterocycles. The van der Waals surface area contributed by atoms with E-state index < -0.39 is 0 Å². The average molecular weight is 358 g/mol. The Bertz CT molecular complexity index is 932. The highest BCUT2D eigenvalue weighted by Gasteiger charge is 2.29. The van der Waals surface area contributed by atoms with E-state index in [0.29, 0.717) is 6.04 Å². The summed E-state index contributed by atoms with van der Waals surface area (Å²) in [7, 11) is 0. The normalized spacial score (nSPS) is 21.0. The van der Waals surface area contributed by atoms with Crippen molar-refractivity contribution >= 4 is 16.7 Å². The molecular formula is C23H26N4. The van der Waals surface area contributed by atoms with Crippen molar-refractivity contribution in [1.82, 2.24) is 14.9 Å². The average Bonchev–Trinajstić information content (AvgIpc) is 3.25. The number of aromatic nitrogens is 2. The summed E-state index contributed by atoms with van der Waals surface area (Å²) in [5.74, 6) is 0.875. The van der Waals surface area contributed by atoms with Gasteiger partial charge in [-0.1, -0.05) is 42.8 Å². The Morgan fingerprint density at radius 2 is 1.70 bits per heavy atom. The largest absolute Gasteiger partial charge is 0.339 e. The van der Waals surface area contributed by atoms with Crippen molar-refractivity contribution in [2.75, 3.05) is 31.1 Å². The maximum absolute atomic E-state index is 4.91. The number of likely N-dealkylation sites (tertiary alicyclic amines) is 1. The lowest BCUT2D eigenvalue weighted by atomic mass is 10.1. The van der Waals surface area contributed by atoms with Gasteiger partial charge in [-0.2, -0.15) is 0 Å². The van der Waals surface area contributed by atoms with Gasteiger partial charge in [-0.15, -0.1) is 0 Å². The van der Waals surface area contributed by atoms with Crippen LogP contribution in [0, 0.1) is 0 Å². The number of fused-ring (bicyclic) bond motifs is 1. The molecule has 0 amide bonds. The highest BCUT2D eigenvalue weighted by molar-refractivity contribution is 5.86. The zero-order chi connectivity index (χ0) is 18.1. The fourth-order valence-corrected chi connectivity index (χ4v) is 4.52. The molecule has 4 nitrogen and oxygen atoms in total. The van der Waals surface area contributed by atoms with Crippen LogP contribution in [0.25, 0.3) is 22.0 Å². The lowest BCUT2D eigenvalue weighted by Crippen LogP contribution is -2.41. The summed E-state index contributed by atoms with van der Waals surface area (Å²) in [6.07, 6.45) is 7.23. The fraction of sp³-hybridized carbons (Fsp3) is 0.391. The summed E-state index contributed by atoms with van der Waals surface area (Å²) in [6, 6.07) is 17.7. The first-order valence-electron chi connectivity index (χ1n) is 10.2. The third-order valence-corrected chi connectivity index (χ3v) is 6.04. The summed E-state index contributed by atoms with van der Waals surface area (Å²) in [4.78, 5) is 14.5. The van der Waals surface area contributed by atoms with Crippen LogP contribution in [0.15, 0.2) is 54.7 Å². The summed E-state index contributed by atoms with van der Waals surface area (Å²) < 4.78 is 0. The minimum absolute atomic E-state index is 0.665. The van der Waals surface area contributed by atoms with Crippen LogP contribution < -0.4 is 4.90 Å². The number of rotatable bonds is 3. The molecule has 2 aliphatic heterocycles. The van der Waals surface area contributed by atoms with Crippen molar-refractivity contribution in [2.45, 2.75) is 31.7 Å². The Morgan fingerprint density at radius 3 is 2.59 bits per heavy atom. The molecule has 3 aromatic rings. The van der Waals surface area contributed by atoms with Crippen LogP contribution >= 0.6 is 0 Å². The molecule has 0 N–H and O–H groups in total. The lowest BCUT2D eigenvalue weighted by molar-refractivity contribution is 0.174. The van der Waals surface area contributed by atoms with Gasteiger partial charge in [0.05, 0.1) is 5.69 Å². The van der Waals surface area contributed by atoms with Crippen LogP contribution in [0.2, 0.25) is 0 Å². The molecule has 1 atom stereocenters. The maximum Gasteiger partial charge on any atom is 0.225 e. The van der Waals surface area contributed by atoms with E-state index in [0.717, 1.165) is 30.3 Å². The van der Waals surface area contributed by atoms with Crippen molar-refractivity contribution in [3.8, 4) is 11.3 Å². The van der Waals surface area contributed by atoms with Crippen molar-refractivity contribution in [3.05, 3.63) is 54.7 Å². The molecule has 2 aliphatic rings. The first-order chi connectivity index (χ1) is 13.4. The Morgan fingerprint density at radius 1 is 0.852 bits per heavy atom. The van der Waals surface area contributed by atoms with Gasteiger partial charge >= 0.3 is 0 Å². The Kier molecular flexibility index (Phi) is 4.50. The molecule has 0 spiro atoms. The predicted octanol–water partition coefficient (Wildman–Crippen LogP) is 4.36. The third-order valence-electron chi connectivity index (χ3n) is 6.04. The van der Waals surface area contributed by atoms with E-state index in [1.54, 1.807) is 0 Å². The molecule has 0 saturated carbocycles. The predicted molar refractivity (Wildman–Crippen MR) is 111 cm³/mol. The molecule has 4 heteroatoms. The van der Waals surface area contributed by atoms with Crippen LogP contribution in [0.5, 0.6) is 0 Å². The molecule has 0 radical (unpaired) electrons. The van der Waals surface area contributed by atoms with E-state index in [-0.39, 0.29) is 0 Å². The second-order valence-corrected chi connectivity index (χ2v) is 7.79. The van der Waals surface area contributed by atoms with Crippen molar-refractivity contribution in [3.63, 3.8) is 0 Å². The molecule has 2 fully saturated rings. The van der Waals surface area contributed by atoms with Gasteiger partial charge in [0.15, 0.2) is 0 Å². The van der Waals surface area contributed by atoms with Crippen molar-refractivity contribution in [1.29, 1.82) is 0 Å². The minimum atomic E-state index is 0.665. The standard InChI is InChI=1S/C23H26N4/c1-4-13-26(14-5-1)21-11-15-27(17-21)23-24-12-10-22(25-23)20-9-8-18-6-2-3-7-19(18)16-20/h2-3,6-10,12,16,21H,1,4-5,11,13-15,17H2/t21-/m1/s1. The Labute approximate surface area is 160 Å². The highest BCUT2D eigenvalue weighted by Crippen LogP contribution is 2.26. The van der Waals surface area contributed by atoms with E-state index in [9.17, 15) is 0 Å². The first-order valence-corrected chi connectivity index (χ1v) is 10.2. The van der Waals surface area contributed by atoms with Gasteiger partial charge in [-0.3, -0.25) is 4.90 Å². The first kappa shape index (κ1) is 16.7. The number of hydrogen-bond donors (Lipinski definition) is 0. The second kappa shape index (κ2) is 7.28. The zero-order valence-electron chi connectivity index (χ0n) is 15.7. The monoisotopic (exact) mass is 358 g/mol. The highest BCUT2D eigenvalue weighted by atomic mass is 15.3. The van der Waals surface area contributed by atoms with Gasteiger partial charge in [-0.05, 0) is 55.3 Å². The molecular weight excluding hydrogens is 332 g/mol. The maximum atomic E-state index is 4.91. The SMILES string of the molecule is c1ccc2cc(-c3ccnc(N4CC[C@@H](N5CCCCC5)C4)n3)ccc2c1. The van der Waals surface area contributed by atoms with Gasteiger partial charge in [-0.25, -0.2) is 9.97 Å². The molecule has 27 heavy (non-hydrogen) atoms. The van der Waals surface area contributed by atoms with Crippen molar-refractivity contribution < 1.29 is 0 Å². The Balaban J connectivity index is 1.37. The number of nitrogens with zero attached hydrogens (tertiary/aromatic N) is 4. The summed E-state index contributed by atoms with van der Waals surface area (Å²) in [5.41, 5.74) is 2.16. The molecule has 1 aromatic heterocycles. The molecule has 5 rings (SSSR count). The van der Waals surface area contributed by atoms with Gasteiger partial charge in [0, 0.05) is 30.9 Å². The molecule has 3 heterocycles. The van der Waals surface area contributed by atoms with Gasteiger partial charge in [0.2, 0.25) is 5.95 Å². The van der Waals surface area contributed by atoms with Crippen LogP contribution in [0.1, 0.15) is 25.7 Å². The molecule has 0 unspecified atom stereocenters. The zero-order valence-corrected chi connectivity index (χ0v) is 15.7. The van der Waals surface area contributed by atoms with Crippen LogP contribution in [0.3, 0.4) is 0 Å². The van der Waals surface area contributed by atoms with Gasteiger partial charge in [0.1, 0.15) is 0 Å². The van der Waals surface area contributed by atoms with Crippen molar-refractivity contribution in [2.24, 2.45) is 0 Å². The summed E-state index contributed by atoms with van der Waals surface area (Å²) in [6.45, 7) is 4.64. The second-order valence-electron chi connectivity index (χ2n) is 7.79. The summed E-state index contributed by atoms with van der Waals surface area (Å²) in [5, 5.41) is 2.51. The summed E-state index contributed by atoms with van der Waals surface area (Å²) >= 11 is 0. The van der Waals surface area contributed by atoms with E-state index in [1.165, 1.54) is 49.5 Å². The number of hydrogen-bond acceptors (Lipinski definition) is 4. The van der Waals surface area contributed by atoms with Crippen LogP contribution in [-0.4, -0.2) is 47.1 Å². The molecule has 2 aromatic carbocycles. The van der Waals surface area contributed by atoms with Gasteiger partial charge < -0.3 is 4.90 Å². The van der Waals surface area contributed by atoms with Gasteiger partial charge in [0.25, 0.3) is 0 Å². The Hall–Kier alpha value is -2.46. The van der Waals surface area contributed by atoms with E-state index >= 15 is 0 Å². The quantitative estimate of drug-likeness (QED) is 0.696. The molecule has 0 bridgehead atoms. The van der Waals surface area contributed by atoms with Crippen LogP contribution in [0.4, 0.5) is 5.95 Å². The van der Waals surface area contributed by atoms with E-state index in [1.807, 2.05) is 12.3 Å². The van der Waals surface area contributed by atoms with E-state index in [2.05, 4.69) is 57.2 Å². The van der Waals surface area contributed by atoms with Crippen LogP contribution in [-0.2, 0) is 0 Å². The number of anilines is 1. The number of piperidine rings is 1. The van der Waals surface area contributed by atoms with E-state index in [4.69, 9.17) is 4.98 Å². The molecule has 138 valence electrons. The lowest BCUT2D eigenvalue weighted by Gasteiger charge is -2.32.